The van der Waals surface area contributed by atoms with E-state index in [1.165, 1.54) is 0 Å². The van der Waals surface area contributed by atoms with Gasteiger partial charge in [-0.2, -0.15) is 0 Å². The lowest BCUT2D eigenvalue weighted by Crippen LogP contribution is -2.29. The van der Waals surface area contributed by atoms with E-state index in [2.05, 4.69) is 5.32 Å². The predicted octanol–water partition coefficient (Wildman–Crippen LogP) is 2.82. The third-order valence-corrected chi connectivity index (χ3v) is 3.54. The minimum absolute atomic E-state index is 0.309. The molecule has 0 aromatic heterocycles. The quantitative estimate of drug-likeness (QED) is 0.857. The van der Waals surface area contributed by atoms with Crippen molar-refractivity contribution < 1.29 is 14.6 Å². The predicted molar refractivity (Wildman–Crippen MR) is 81.6 cm³/mol. The summed E-state index contributed by atoms with van der Waals surface area (Å²) in [4.78, 5) is 11.7. The van der Waals surface area contributed by atoms with Crippen LogP contribution >= 0.6 is 0 Å². The fraction of sp³-hybridized carbons (Fsp3) is 0.235. The van der Waals surface area contributed by atoms with Gasteiger partial charge in [0.2, 0.25) is 0 Å². The summed E-state index contributed by atoms with van der Waals surface area (Å²) in [6.45, 7) is 0. The summed E-state index contributed by atoms with van der Waals surface area (Å²) in [6, 6.07) is 16.4. The Morgan fingerprint density at radius 3 is 2.14 bits per heavy atom. The van der Waals surface area contributed by atoms with Crippen LogP contribution in [0.25, 0.3) is 0 Å². The number of carbonyl (C=O) groups is 1. The molecule has 0 fully saturated rings. The van der Waals surface area contributed by atoms with E-state index >= 15 is 0 Å². The van der Waals surface area contributed by atoms with Crippen LogP contribution in [0, 0.1) is 0 Å². The third kappa shape index (κ3) is 3.41. The van der Waals surface area contributed by atoms with Crippen molar-refractivity contribution in [1.29, 1.82) is 0 Å². The summed E-state index contributed by atoms with van der Waals surface area (Å²) in [5.74, 6) is -0.749. The number of likely N-dealkylation sites (N-methyl/N-ethyl adjacent to an activating group) is 1. The van der Waals surface area contributed by atoms with Gasteiger partial charge in [-0.15, -0.1) is 0 Å². The summed E-state index contributed by atoms with van der Waals surface area (Å²) in [5, 5.41) is 12.7. The number of benzene rings is 2. The molecule has 0 bridgehead atoms. The molecule has 2 unspecified atom stereocenters. The van der Waals surface area contributed by atoms with Gasteiger partial charge >= 0.3 is 5.97 Å². The summed E-state index contributed by atoms with van der Waals surface area (Å²) in [6.07, 6.45) is 0. The zero-order valence-electron chi connectivity index (χ0n) is 12.1. The van der Waals surface area contributed by atoms with E-state index in [9.17, 15) is 9.90 Å². The van der Waals surface area contributed by atoms with Crippen molar-refractivity contribution in [3.05, 3.63) is 65.7 Å². The normalized spacial score (nSPS) is 13.4. The molecule has 0 aliphatic rings. The Bertz CT molecular complexity index is 581. The highest BCUT2D eigenvalue weighted by Crippen LogP contribution is 2.31. The van der Waals surface area contributed by atoms with Gasteiger partial charge in [-0.25, -0.2) is 0 Å². The van der Waals surface area contributed by atoms with Crippen LogP contribution in [0.2, 0.25) is 0 Å². The SMILES string of the molecule is CNC(c1ccc(OC)cc1)C(C(=O)O)c1ccccc1. The van der Waals surface area contributed by atoms with Crippen LogP contribution in [-0.2, 0) is 4.79 Å². The van der Waals surface area contributed by atoms with Gasteiger partial charge in [0.1, 0.15) is 11.7 Å². The fourth-order valence-electron chi connectivity index (χ4n) is 2.48. The maximum Gasteiger partial charge on any atom is 0.312 e. The molecule has 0 radical (unpaired) electrons. The molecule has 0 aliphatic carbocycles. The van der Waals surface area contributed by atoms with Crippen LogP contribution in [0.1, 0.15) is 23.1 Å². The van der Waals surface area contributed by atoms with Gasteiger partial charge in [-0.05, 0) is 30.3 Å². The van der Waals surface area contributed by atoms with Crippen molar-refractivity contribution in [3.63, 3.8) is 0 Å². The van der Waals surface area contributed by atoms with Crippen LogP contribution in [0.4, 0.5) is 0 Å². The lowest BCUT2D eigenvalue weighted by Gasteiger charge is -2.24. The number of carboxylic acids is 1. The van der Waals surface area contributed by atoms with Gasteiger partial charge in [0, 0.05) is 6.04 Å². The van der Waals surface area contributed by atoms with Crippen LogP contribution < -0.4 is 10.1 Å². The van der Waals surface area contributed by atoms with E-state index in [1.807, 2.05) is 54.6 Å². The van der Waals surface area contributed by atoms with E-state index in [4.69, 9.17) is 4.74 Å². The Hall–Kier alpha value is -2.33. The molecule has 4 heteroatoms. The zero-order chi connectivity index (χ0) is 15.2. The highest BCUT2D eigenvalue weighted by Gasteiger charge is 2.29. The van der Waals surface area contributed by atoms with Crippen LogP contribution in [0.5, 0.6) is 5.75 Å². The number of ether oxygens (including phenoxy) is 1. The largest absolute Gasteiger partial charge is 0.497 e. The number of rotatable bonds is 6. The van der Waals surface area contributed by atoms with Crippen LogP contribution in [0.15, 0.2) is 54.6 Å². The number of nitrogens with one attached hydrogen (secondary N) is 1. The van der Waals surface area contributed by atoms with Gasteiger partial charge in [0.05, 0.1) is 7.11 Å². The highest BCUT2D eigenvalue weighted by atomic mass is 16.5. The van der Waals surface area contributed by atoms with Gasteiger partial charge in [0.15, 0.2) is 0 Å². The van der Waals surface area contributed by atoms with Crippen molar-refractivity contribution >= 4 is 5.97 Å². The number of hydrogen-bond acceptors (Lipinski definition) is 3. The molecule has 110 valence electrons. The number of hydrogen-bond donors (Lipinski definition) is 2. The van der Waals surface area contributed by atoms with E-state index in [0.29, 0.717) is 0 Å². The fourth-order valence-corrected chi connectivity index (χ4v) is 2.48. The minimum Gasteiger partial charge on any atom is -0.497 e. The first kappa shape index (κ1) is 15.1. The first-order chi connectivity index (χ1) is 10.2. The number of methoxy groups -OCH3 is 1. The van der Waals surface area contributed by atoms with Crippen molar-refractivity contribution in [2.75, 3.05) is 14.2 Å². The Balaban J connectivity index is 2.38. The Morgan fingerprint density at radius 1 is 1.05 bits per heavy atom. The molecule has 2 aromatic rings. The second-order valence-corrected chi connectivity index (χ2v) is 4.77. The lowest BCUT2D eigenvalue weighted by atomic mass is 9.87. The Kier molecular flexibility index (Phi) is 4.95. The molecular weight excluding hydrogens is 266 g/mol. The standard InChI is InChI=1S/C17H19NO3/c1-18-16(13-8-10-14(21-2)11-9-13)15(17(19)20)12-6-4-3-5-7-12/h3-11,15-16,18H,1-2H3,(H,19,20). The molecule has 0 saturated heterocycles. The first-order valence-electron chi connectivity index (χ1n) is 6.76. The highest BCUT2D eigenvalue weighted by molar-refractivity contribution is 5.77. The lowest BCUT2D eigenvalue weighted by molar-refractivity contribution is -0.139. The topological polar surface area (TPSA) is 58.6 Å². The molecular formula is C17H19NO3. The molecule has 2 N–H and O–H groups in total. The molecule has 4 nitrogen and oxygen atoms in total. The van der Waals surface area contributed by atoms with Gasteiger partial charge < -0.3 is 15.2 Å². The molecule has 2 rings (SSSR count). The first-order valence-corrected chi connectivity index (χ1v) is 6.76. The molecule has 21 heavy (non-hydrogen) atoms. The second-order valence-electron chi connectivity index (χ2n) is 4.77. The minimum atomic E-state index is -0.851. The zero-order valence-corrected chi connectivity index (χ0v) is 12.1. The van der Waals surface area contributed by atoms with Crippen LogP contribution in [-0.4, -0.2) is 25.2 Å². The maximum absolute atomic E-state index is 11.7. The summed E-state index contributed by atoms with van der Waals surface area (Å²) < 4.78 is 5.14. The van der Waals surface area contributed by atoms with Crippen molar-refractivity contribution in [2.45, 2.75) is 12.0 Å². The van der Waals surface area contributed by atoms with E-state index in [1.54, 1.807) is 14.2 Å². The van der Waals surface area contributed by atoms with E-state index < -0.39 is 11.9 Å². The molecule has 0 aliphatic heterocycles. The second kappa shape index (κ2) is 6.90. The Labute approximate surface area is 124 Å². The maximum atomic E-state index is 11.7. The summed E-state index contributed by atoms with van der Waals surface area (Å²) >= 11 is 0. The van der Waals surface area contributed by atoms with Crippen molar-refractivity contribution in [1.82, 2.24) is 5.32 Å². The molecule has 2 aromatic carbocycles. The number of aliphatic carboxylic acids is 1. The smallest absolute Gasteiger partial charge is 0.312 e. The van der Waals surface area contributed by atoms with Crippen molar-refractivity contribution in [3.8, 4) is 5.75 Å². The van der Waals surface area contributed by atoms with E-state index in [-0.39, 0.29) is 6.04 Å². The summed E-state index contributed by atoms with van der Waals surface area (Å²) in [5.41, 5.74) is 1.69. The van der Waals surface area contributed by atoms with Crippen LogP contribution in [0.3, 0.4) is 0 Å². The molecule has 2 atom stereocenters. The van der Waals surface area contributed by atoms with Gasteiger partial charge in [-0.3, -0.25) is 4.79 Å². The summed E-state index contributed by atoms with van der Waals surface area (Å²) in [7, 11) is 3.38. The average Bonchev–Trinajstić information content (AvgIpc) is 2.53. The molecule has 0 saturated carbocycles. The van der Waals surface area contributed by atoms with E-state index in [0.717, 1.165) is 16.9 Å². The average molecular weight is 285 g/mol. The monoisotopic (exact) mass is 285 g/mol. The molecule has 0 heterocycles. The van der Waals surface area contributed by atoms with Crippen molar-refractivity contribution in [2.24, 2.45) is 0 Å². The molecule has 0 amide bonds. The molecule has 0 spiro atoms. The van der Waals surface area contributed by atoms with Gasteiger partial charge in [-0.1, -0.05) is 42.5 Å². The third-order valence-electron chi connectivity index (χ3n) is 3.54. The Morgan fingerprint density at radius 2 is 1.67 bits per heavy atom. The number of carboxylic acid groups (broad SMARTS) is 1. The van der Waals surface area contributed by atoms with Gasteiger partial charge in [0.25, 0.3) is 0 Å².